The molecular weight excluding hydrogens is 548 g/mol. The maximum atomic E-state index is 13.6. The number of rotatable bonds is 8. The van der Waals surface area contributed by atoms with Gasteiger partial charge in [-0.1, -0.05) is 48.0 Å². The van der Waals surface area contributed by atoms with E-state index >= 15 is 0 Å². The summed E-state index contributed by atoms with van der Waals surface area (Å²) < 4.78 is 5.54. The molecule has 0 radical (unpaired) electrons. The van der Waals surface area contributed by atoms with Crippen molar-refractivity contribution in [3.8, 4) is 11.1 Å². The van der Waals surface area contributed by atoms with Crippen molar-refractivity contribution in [3.05, 3.63) is 76.2 Å². The lowest BCUT2D eigenvalue weighted by molar-refractivity contribution is -0.133. The Kier molecular flexibility index (Phi) is 8.95. The molecule has 2 fully saturated rings. The number of carbonyl (C=O) groups excluding carboxylic acids is 3. The van der Waals surface area contributed by atoms with Gasteiger partial charge in [0, 0.05) is 55.7 Å². The number of benzene rings is 2. The van der Waals surface area contributed by atoms with Gasteiger partial charge in [0.2, 0.25) is 11.8 Å². The molecule has 2 aromatic carbocycles. The smallest absolute Gasteiger partial charge is 0.287 e. The first-order valence-corrected chi connectivity index (χ1v) is 14.6. The van der Waals surface area contributed by atoms with E-state index in [0.29, 0.717) is 31.2 Å². The fourth-order valence-electron chi connectivity index (χ4n) is 5.25. The van der Waals surface area contributed by atoms with Crippen LogP contribution in [0.1, 0.15) is 24.9 Å². The van der Waals surface area contributed by atoms with Gasteiger partial charge in [0.15, 0.2) is 0 Å². The van der Waals surface area contributed by atoms with E-state index in [-0.39, 0.29) is 35.7 Å². The molecule has 10 heteroatoms. The van der Waals surface area contributed by atoms with Gasteiger partial charge in [0.05, 0.1) is 25.3 Å². The van der Waals surface area contributed by atoms with Crippen LogP contribution in [0.4, 0.5) is 10.5 Å². The standard InChI is InChI=1S/C30H33ClN4O4S/c1-20(36)32-25-5-3-4-23(16-25)21-6-8-22(9-7-21)27(18-34-12-14-39-15-13-34)33(2)29(37)19-35-26-17-24(31)10-11-28(26)40-30(35)38/h3-11,16,26-27H,12-15,17-19H2,1-2H3,(H,32,36). The second-order valence-electron chi connectivity index (χ2n) is 10.2. The molecule has 0 aromatic heterocycles. The molecule has 5 rings (SSSR count). The van der Waals surface area contributed by atoms with E-state index in [9.17, 15) is 14.4 Å². The normalized spacial score (nSPS) is 19.9. The second-order valence-corrected chi connectivity index (χ2v) is 11.7. The van der Waals surface area contributed by atoms with Gasteiger partial charge in [0.1, 0.15) is 6.54 Å². The van der Waals surface area contributed by atoms with E-state index in [0.717, 1.165) is 40.4 Å². The highest BCUT2D eigenvalue weighted by Crippen LogP contribution is 2.41. The van der Waals surface area contributed by atoms with E-state index in [2.05, 4.69) is 22.3 Å². The van der Waals surface area contributed by atoms with Gasteiger partial charge in [-0.2, -0.15) is 0 Å². The number of anilines is 1. The van der Waals surface area contributed by atoms with E-state index in [1.54, 1.807) is 9.80 Å². The van der Waals surface area contributed by atoms with Crippen molar-refractivity contribution in [2.24, 2.45) is 0 Å². The van der Waals surface area contributed by atoms with Gasteiger partial charge in [-0.3, -0.25) is 19.3 Å². The summed E-state index contributed by atoms with van der Waals surface area (Å²) in [7, 11) is 1.82. The van der Waals surface area contributed by atoms with Crippen molar-refractivity contribution in [1.82, 2.24) is 14.7 Å². The number of hydrogen-bond donors (Lipinski definition) is 1. The van der Waals surface area contributed by atoms with Crippen molar-refractivity contribution in [2.45, 2.75) is 25.4 Å². The number of allylic oxidation sites excluding steroid dienone is 2. The Hall–Kier alpha value is -3.11. The topological polar surface area (TPSA) is 82.2 Å². The Balaban J connectivity index is 1.35. The maximum absolute atomic E-state index is 13.6. The number of nitrogens with one attached hydrogen (secondary N) is 1. The highest BCUT2D eigenvalue weighted by molar-refractivity contribution is 8.17. The molecular formula is C30H33ClN4O4S. The van der Waals surface area contributed by atoms with E-state index in [1.807, 2.05) is 55.6 Å². The molecule has 3 aliphatic rings. The first-order valence-electron chi connectivity index (χ1n) is 13.4. The zero-order chi connectivity index (χ0) is 28.2. The van der Waals surface area contributed by atoms with E-state index < -0.39 is 0 Å². The van der Waals surface area contributed by atoms with Crippen LogP contribution in [0, 0.1) is 0 Å². The Morgan fingerprint density at radius 2 is 1.88 bits per heavy atom. The number of hydrogen-bond acceptors (Lipinski definition) is 6. The minimum atomic E-state index is -0.208. The molecule has 0 bridgehead atoms. The summed E-state index contributed by atoms with van der Waals surface area (Å²) in [6, 6.07) is 15.5. The van der Waals surface area contributed by atoms with Crippen LogP contribution in [0.3, 0.4) is 0 Å². The van der Waals surface area contributed by atoms with Gasteiger partial charge in [-0.05, 0) is 52.7 Å². The Morgan fingerprint density at radius 3 is 2.60 bits per heavy atom. The number of amides is 3. The molecule has 8 nitrogen and oxygen atoms in total. The second kappa shape index (κ2) is 12.6. The number of nitrogens with zero attached hydrogens (tertiary/aromatic N) is 3. The van der Waals surface area contributed by atoms with Gasteiger partial charge in [-0.15, -0.1) is 0 Å². The van der Waals surface area contributed by atoms with Crippen LogP contribution in [0.15, 0.2) is 70.6 Å². The van der Waals surface area contributed by atoms with Crippen molar-refractivity contribution in [2.75, 3.05) is 51.8 Å². The number of halogens is 1. The summed E-state index contributed by atoms with van der Waals surface area (Å²) >= 11 is 7.44. The molecule has 2 saturated heterocycles. The lowest BCUT2D eigenvalue weighted by Gasteiger charge is -2.36. The summed E-state index contributed by atoms with van der Waals surface area (Å²) in [6.07, 6.45) is 4.23. The molecule has 3 amide bonds. The number of thioether (sulfide) groups is 1. The Labute approximate surface area is 244 Å². The number of carbonyl (C=O) groups is 3. The molecule has 2 atom stereocenters. The minimum absolute atomic E-state index is 0.00213. The molecule has 40 heavy (non-hydrogen) atoms. The van der Waals surface area contributed by atoms with Crippen LogP contribution >= 0.6 is 23.4 Å². The molecule has 2 unspecified atom stereocenters. The number of likely N-dealkylation sites (N-methyl/N-ethyl adjacent to an activating group) is 1. The van der Waals surface area contributed by atoms with Gasteiger partial charge >= 0.3 is 0 Å². The highest BCUT2D eigenvalue weighted by atomic mass is 35.5. The number of ether oxygens (including phenoxy) is 1. The lowest BCUT2D eigenvalue weighted by Crippen LogP contribution is -2.47. The molecule has 0 saturated carbocycles. The SMILES string of the molecule is CC(=O)Nc1cccc(-c2ccc(C(CN3CCOCC3)N(C)C(=O)CN3C(=O)SC4=CC=C(Cl)CC43)cc2)c1. The Bertz CT molecular complexity index is 1340. The zero-order valence-electron chi connectivity index (χ0n) is 22.6. The van der Waals surface area contributed by atoms with Gasteiger partial charge < -0.3 is 19.9 Å². The first-order chi connectivity index (χ1) is 19.3. The van der Waals surface area contributed by atoms with Crippen LogP contribution in [0.25, 0.3) is 11.1 Å². The predicted molar refractivity (Wildman–Crippen MR) is 159 cm³/mol. The van der Waals surface area contributed by atoms with Crippen molar-refractivity contribution >= 4 is 46.1 Å². The minimum Gasteiger partial charge on any atom is -0.379 e. The van der Waals surface area contributed by atoms with Crippen molar-refractivity contribution in [1.29, 1.82) is 0 Å². The summed E-state index contributed by atoms with van der Waals surface area (Å²) in [5.74, 6) is -0.234. The first kappa shape index (κ1) is 28.4. The molecule has 0 spiro atoms. The highest BCUT2D eigenvalue weighted by Gasteiger charge is 2.39. The van der Waals surface area contributed by atoms with Crippen LogP contribution < -0.4 is 5.32 Å². The third-order valence-electron chi connectivity index (χ3n) is 7.47. The quantitative estimate of drug-likeness (QED) is 0.468. The zero-order valence-corrected chi connectivity index (χ0v) is 24.2. The summed E-state index contributed by atoms with van der Waals surface area (Å²) in [5, 5.41) is 3.39. The average molecular weight is 581 g/mol. The fourth-order valence-corrected chi connectivity index (χ4v) is 6.46. The predicted octanol–water partition coefficient (Wildman–Crippen LogP) is 5.09. The van der Waals surface area contributed by atoms with Crippen molar-refractivity contribution in [3.63, 3.8) is 0 Å². The summed E-state index contributed by atoms with van der Waals surface area (Å²) in [6.45, 7) is 5.08. The van der Waals surface area contributed by atoms with E-state index in [1.165, 1.54) is 18.7 Å². The molecule has 1 N–H and O–H groups in total. The third-order valence-corrected chi connectivity index (χ3v) is 8.81. The van der Waals surface area contributed by atoms with Gasteiger partial charge in [0.25, 0.3) is 5.24 Å². The molecule has 210 valence electrons. The largest absolute Gasteiger partial charge is 0.379 e. The molecule has 1 aliphatic carbocycles. The average Bonchev–Trinajstić information content (AvgIpc) is 3.25. The van der Waals surface area contributed by atoms with E-state index in [4.69, 9.17) is 16.3 Å². The number of fused-ring (bicyclic) bond motifs is 1. The van der Waals surface area contributed by atoms with Crippen molar-refractivity contribution < 1.29 is 19.1 Å². The molecule has 2 aromatic rings. The lowest BCUT2D eigenvalue weighted by atomic mass is 9.99. The van der Waals surface area contributed by atoms with Crippen LogP contribution in [0.5, 0.6) is 0 Å². The van der Waals surface area contributed by atoms with Crippen LogP contribution in [0.2, 0.25) is 0 Å². The van der Waals surface area contributed by atoms with Crippen LogP contribution in [-0.2, 0) is 14.3 Å². The number of morpholine rings is 1. The Morgan fingerprint density at radius 1 is 1.12 bits per heavy atom. The molecule has 2 heterocycles. The summed E-state index contributed by atoms with van der Waals surface area (Å²) in [5.41, 5.74) is 3.75. The maximum Gasteiger partial charge on any atom is 0.287 e. The van der Waals surface area contributed by atoms with Gasteiger partial charge in [-0.25, -0.2) is 0 Å². The molecule has 2 aliphatic heterocycles. The monoisotopic (exact) mass is 580 g/mol. The summed E-state index contributed by atoms with van der Waals surface area (Å²) in [4.78, 5) is 44.6. The van der Waals surface area contributed by atoms with Crippen LogP contribution in [-0.4, -0.2) is 84.2 Å². The fraction of sp³-hybridized carbons (Fsp3) is 0.367. The third kappa shape index (κ3) is 6.61.